The molecule has 0 spiro atoms. The van der Waals surface area contributed by atoms with Crippen molar-refractivity contribution >= 4 is 17.6 Å². The molecule has 3 rings (SSSR count). The number of aromatic nitrogens is 1. The number of piperidine rings is 1. The van der Waals surface area contributed by atoms with E-state index in [0.717, 1.165) is 11.3 Å². The normalized spacial score (nSPS) is 14.8. The van der Waals surface area contributed by atoms with Crippen LogP contribution in [0.2, 0.25) is 0 Å². The van der Waals surface area contributed by atoms with Crippen molar-refractivity contribution in [1.29, 1.82) is 0 Å². The number of benzene rings is 1. The molecular formula is C19H22N4O2. The summed E-state index contributed by atoms with van der Waals surface area (Å²) in [5.41, 5.74) is 1.78. The second-order valence-electron chi connectivity index (χ2n) is 6.14. The third kappa shape index (κ3) is 4.79. The highest BCUT2D eigenvalue weighted by Gasteiger charge is 2.27. The Labute approximate surface area is 147 Å². The molecule has 0 saturated carbocycles. The van der Waals surface area contributed by atoms with E-state index in [1.807, 2.05) is 42.5 Å². The van der Waals surface area contributed by atoms with Gasteiger partial charge in [-0.1, -0.05) is 24.3 Å². The van der Waals surface area contributed by atoms with Gasteiger partial charge in [0.05, 0.1) is 0 Å². The van der Waals surface area contributed by atoms with E-state index in [2.05, 4.69) is 15.6 Å². The van der Waals surface area contributed by atoms with Crippen molar-refractivity contribution in [2.45, 2.75) is 19.4 Å². The van der Waals surface area contributed by atoms with Crippen LogP contribution in [0.1, 0.15) is 18.4 Å². The van der Waals surface area contributed by atoms with Gasteiger partial charge in [0.1, 0.15) is 0 Å². The Morgan fingerprint density at radius 1 is 1.08 bits per heavy atom. The molecule has 0 radical (unpaired) electrons. The average molecular weight is 338 g/mol. The molecule has 0 aliphatic carbocycles. The van der Waals surface area contributed by atoms with Crippen molar-refractivity contribution in [2.24, 2.45) is 5.92 Å². The van der Waals surface area contributed by atoms with E-state index < -0.39 is 0 Å². The number of amides is 3. The zero-order valence-electron chi connectivity index (χ0n) is 14.0. The lowest BCUT2D eigenvalue weighted by Crippen LogP contribution is -2.45. The Morgan fingerprint density at radius 2 is 1.84 bits per heavy atom. The molecule has 0 unspecified atom stereocenters. The lowest BCUT2D eigenvalue weighted by Gasteiger charge is -2.31. The second-order valence-corrected chi connectivity index (χ2v) is 6.14. The largest absolute Gasteiger partial charge is 0.334 e. The minimum Gasteiger partial charge on any atom is -0.334 e. The van der Waals surface area contributed by atoms with Gasteiger partial charge >= 0.3 is 6.03 Å². The zero-order valence-corrected chi connectivity index (χ0v) is 14.0. The lowest BCUT2D eigenvalue weighted by molar-refractivity contribution is -0.121. The predicted octanol–water partition coefficient (Wildman–Crippen LogP) is 2.64. The highest BCUT2D eigenvalue weighted by atomic mass is 16.2. The summed E-state index contributed by atoms with van der Waals surface area (Å²) in [4.78, 5) is 30.3. The van der Waals surface area contributed by atoms with Crippen molar-refractivity contribution in [3.8, 4) is 0 Å². The molecular weight excluding hydrogens is 316 g/mol. The number of carbonyl (C=O) groups is 2. The van der Waals surface area contributed by atoms with Gasteiger partial charge in [-0.05, 0) is 36.6 Å². The standard InChI is InChI=1S/C19H22N4O2/c24-18(22-17-6-2-1-3-7-17)16-8-11-23(12-9-16)19(25)21-14-15-5-4-10-20-13-15/h1-7,10,13,16H,8-9,11-12,14H2,(H,21,25)(H,22,24). The quantitative estimate of drug-likeness (QED) is 0.900. The smallest absolute Gasteiger partial charge is 0.317 e. The topological polar surface area (TPSA) is 74.3 Å². The number of carbonyl (C=O) groups excluding carboxylic acids is 2. The van der Waals surface area contributed by atoms with E-state index in [4.69, 9.17) is 0 Å². The maximum absolute atomic E-state index is 12.3. The van der Waals surface area contributed by atoms with E-state index in [-0.39, 0.29) is 17.9 Å². The van der Waals surface area contributed by atoms with Crippen molar-refractivity contribution in [1.82, 2.24) is 15.2 Å². The van der Waals surface area contributed by atoms with Crippen molar-refractivity contribution in [3.63, 3.8) is 0 Å². The molecule has 130 valence electrons. The highest BCUT2D eigenvalue weighted by molar-refractivity contribution is 5.92. The number of anilines is 1. The summed E-state index contributed by atoms with van der Waals surface area (Å²) in [6, 6.07) is 13.1. The average Bonchev–Trinajstić information content (AvgIpc) is 2.68. The fourth-order valence-electron chi connectivity index (χ4n) is 2.90. The number of nitrogens with zero attached hydrogens (tertiary/aromatic N) is 2. The molecule has 6 heteroatoms. The highest BCUT2D eigenvalue weighted by Crippen LogP contribution is 2.19. The van der Waals surface area contributed by atoms with Gasteiger partial charge in [0.15, 0.2) is 0 Å². The van der Waals surface area contributed by atoms with Crippen LogP contribution in [0.3, 0.4) is 0 Å². The summed E-state index contributed by atoms with van der Waals surface area (Å²) in [7, 11) is 0. The summed E-state index contributed by atoms with van der Waals surface area (Å²) in [5, 5.41) is 5.84. The molecule has 1 aromatic carbocycles. The number of likely N-dealkylation sites (tertiary alicyclic amines) is 1. The monoisotopic (exact) mass is 338 g/mol. The molecule has 25 heavy (non-hydrogen) atoms. The number of urea groups is 1. The summed E-state index contributed by atoms with van der Waals surface area (Å²) >= 11 is 0. The van der Waals surface area contributed by atoms with E-state index in [1.165, 1.54) is 0 Å². The second kappa shape index (κ2) is 8.28. The molecule has 0 atom stereocenters. The summed E-state index contributed by atoms with van der Waals surface area (Å²) in [6.07, 6.45) is 4.80. The lowest BCUT2D eigenvalue weighted by atomic mass is 9.96. The van der Waals surface area contributed by atoms with Gasteiger partial charge in [-0.25, -0.2) is 4.79 Å². The Kier molecular flexibility index (Phi) is 5.61. The maximum atomic E-state index is 12.3. The predicted molar refractivity (Wildman–Crippen MR) is 95.8 cm³/mol. The molecule has 2 N–H and O–H groups in total. The van der Waals surface area contributed by atoms with Crippen LogP contribution in [0, 0.1) is 5.92 Å². The first-order valence-electron chi connectivity index (χ1n) is 8.50. The number of pyridine rings is 1. The Morgan fingerprint density at radius 3 is 2.52 bits per heavy atom. The van der Waals surface area contributed by atoms with Crippen LogP contribution in [0.15, 0.2) is 54.9 Å². The minimum absolute atomic E-state index is 0.0293. The van der Waals surface area contributed by atoms with E-state index in [9.17, 15) is 9.59 Å². The first-order chi connectivity index (χ1) is 12.2. The maximum Gasteiger partial charge on any atom is 0.317 e. The van der Waals surface area contributed by atoms with Crippen LogP contribution in [0.25, 0.3) is 0 Å². The molecule has 1 fully saturated rings. The number of para-hydroxylation sites is 1. The van der Waals surface area contributed by atoms with Crippen LogP contribution in [0.4, 0.5) is 10.5 Å². The number of hydrogen-bond acceptors (Lipinski definition) is 3. The van der Waals surface area contributed by atoms with Gasteiger partial charge in [0.25, 0.3) is 0 Å². The number of nitrogens with one attached hydrogen (secondary N) is 2. The van der Waals surface area contributed by atoms with Gasteiger partial charge < -0.3 is 15.5 Å². The van der Waals surface area contributed by atoms with E-state index in [1.54, 1.807) is 17.3 Å². The van der Waals surface area contributed by atoms with Gasteiger partial charge in [0, 0.05) is 43.6 Å². The van der Waals surface area contributed by atoms with Crippen LogP contribution >= 0.6 is 0 Å². The van der Waals surface area contributed by atoms with Gasteiger partial charge in [-0.3, -0.25) is 9.78 Å². The first kappa shape index (κ1) is 17.0. The molecule has 1 saturated heterocycles. The molecule has 1 aliphatic heterocycles. The third-order valence-electron chi connectivity index (χ3n) is 4.36. The summed E-state index contributed by atoms with van der Waals surface area (Å²) < 4.78 is 0. The minimum atomic E-state index is -0.0919. The molecule has 6 nitrogen and oxygen atoms in total. The first-order valence-corrected chi connectivity index (χ1v) is 8.50. The summed E-state index contributed by atoms with van der Waals surface area (Å²) in [5.74, 6) is -0.0239. The Balaban J connectivity index is 1.43. The number of hydrogen-bond donors (Lipinski definition) is 2. The van der Waals surface area contributed by atoms with E-state index in [0.29, 0.717) is 32.5 Å². The molecule has 1 aliphatic rings. The number of rotatable bonds is 4. The van der Waals surface area contributed by atoms with Gasteiger partial charge in [-0.15, -0.1) is 0 Å². The van der Waals surface area contributed by atoms with Crippen LogP contribution in [-0.2, 0) is 11.3 Å². The van der Waals surface area contributed by atoms with Gasteiger partial charge in [-0.2, -0.15) is 0 Å². The van der Waals surface area contributed by atoms with Crippen molar-refractivity contribution in [3.05, 3.63) is 60.4 Å². The van der Waals surface area contributed by atoms with Crippen molar-refractivity contribution in [2.75, 3.05) is 18.4 Å². The fourth-order valence-corrected chi connectivity index (χ4v) is 2.90. The molecule has 3 amide bonds. The fraction of sp³-hybridized carbons (Fsp3) is 0.316. The van der Waals surface area contributed by atoms with Crippen LogP contribution < -0.4 is 10.6 Å². The SMILES string of the molecule is O=C(Nc1ccccc1)C1CCN(C(=O)NCc2cccnc2)CC1. The van der Waals surface area contributed by atoms with Crippen LogP contribution in [0.5, 0.6) is 0 Å². The molecule has 1 aromatic heterocycles. The molecule has 2 aromatic rings. The molecule has 0 bridgehead atoms. The van der Waals surface area contributed by atoms with Crippen molar-refractivity contribution < 1.29 is 9.59 Å². The van der Waals surface area contributed by atoms with Crippen LogP contribution in [-0.4, -0.2) is 34.9 Å². The zero-order chi connectivity index (χ0) is 17.5. The molecule has 2 heterocycles. The third-order valence-corrected chi connectivity index (χ3v) is 4.36. The summed E-state index contributed by atoms with van der Waals surface area (Å²) in [6.45, 7) is 1.64. The van der Waals surface area contributed by atoms with E-state index >= 15 is 0 Å². The Bertz CT molecular complexity index is 698. The Hall–Kier alpha value is -2.89. The van der Waals surface area contributed by atoms with Gasteiger partial charge in [0.2, 0.25) is 5.91 Å².